The van der Waals surface area contributed by atoms with Crippen molar-refractivity contribution in [3.05, 3.63) is 27.3 Å². The molecule has 2 aromatic rings. The monoisotopic (exact) mass is 283 g/mol. The number of hydrogen-bond acceptors (Lipinski definition) is 2. The average molecular weight is 285 g/mol. The first-order valence-corrected chi connectivity index (χ1v) is 5.48. The van der Waals surface area contributed by atoms with Gasteiger partial charge in [-0.1, -0.05) is 11.6 Å². The summed E-state index contributed by atoms with van der Waals surface area (Å²) in [6.07, 6.45) is 0.309. The van der Waals surface area contributed by atoms with Crippen LogP contribution in [0.4, 0.5) is 0 Å². The fourth-order valence-electron chi connectivity index (χ4n) is 1.56. The molecule has 5 heteroatoms. The maximum atomic E-state index is 8.74. The number of benzene rings is 1. The molecule has 0 spiro atoms. The highest BCUT2D eigenvalue weighted by molar-refractivity contribution is 9.10. The van der Waals surface area contributed by atoms with E-state index in [0.29, 0.717) is 11.4 Å². The molecule has 1 heterocycles. The Balaban J connectivity index is 2.84. The van der Waals surface area contributed by atoms with Crippen molar-refractivity contribution in [3.63, 3.8) is 0 Å². The van der Waals surface area contributed by atoms with Crippen molar-refractivity contribution in [2.45, 2.75) is 6.42 Å². The number of hydrogen-bond donors (Lipinski definition) is 0. The predicted octanol–water partition coefficient (Wildman–Crippen LogP) is 3.06. The Labute approximate surface area is 100 Å². The van der Waals surface area contributed by atoms with E-state index in [-0.39, 0.29) is 0 Å². The summed E-state index contributed by atoms with van der Waals surface area (Å²) in [5.74, 6) is 0. The molecule has 0 saturated carbocycles. The van der Waals surface area contributed by atoms with Crippen molar-refractivity contribution in [2.24, 2.45) is 7.05 Å². The van der Waals surface area contributed by atoms with Crippen molar-refractivity contribution < 1.29 is 0 Å². The highest BCUT2D eigenvalue weighted by atomic mass is 79.9. The van der Waals surface area contributed by atoms with Gasteiger partial charge in [-0.3, -0.25) is 4.68 Å². The van der Waals surface area contributed by atoms with E-state index in [9.17, 15) is 0 Å². The Morgan fingerprint density at radius 2 is 2.33 bits per heavy atom. The molecule has 0 amide bonds. The van der Waals surface area contributed by atoms with E-state index in [4.69, 9.17) is 16.9 Å². The van der Waals surface area contributed by atoms with Crippen LogP contribution in [0.5, 0.6) is 0 Å². The minimum atomic E-state index is 0.309. The van der Waals surface area contributed by atoms with E-state index in [1.165, 1.54) is 0 Å². The van der Waals surface area contributed by atoms with Crippen LogP contribution in [-0.2, 0) is 13.5 Å². The van der Waals surface area contributed by atoms with Gasteiger partial charge < -0.3 is 0 Å². The first kappa shape index (κ1) is 10.5. The van der Waals surface area contributed by atoms with Crippen molar-refractivity contribution in [2.75, 3.05) is 0 Å². The molecule has 3 nitrogen and oxygen atoms in total. The fourth-order valence-corrected chi connectivity index (χ4v) is 2.16. The number of fused-ring (bicyclic) bond motifs is 1. The van der Waals surface area contributed by atoms with Gasteiger partial charge in [0.05, 0.1) is 28.7 Å². The molecule has 76 valence electrons. The van der Waals surface area contributed by atoms with Crippen LogP contribution in [0.2, 0.25) is 5.02 Å². The zero-order valence-corrected chi connectivity index (χ0v) is 10.3. The first-order chi connectivity index (χ1) is 7.15. The number of nitriles is 1. The standard InChI is InChI=1S/C10H7BrClN3/c1-15-8(4-5-13)9-7(14-15)3-2-6(11)10(9)12/h2-3H,4H2,1H3. The summed E-state index contributed by atoms with van der Waals surface area (Å²) in [5.41, 5.74) is 1.66. The molecule has 0 N–H and O–H groups in total. The molecule has 0 fully saturated rings. The maximum Gasteiger partial charge on any atom is 0.0942 e. The molecule has 0 aliphatic rings. The quantitative estimate of drug-likeness (QED) is 0.807. The lowest BCUT2D eigenvalue weighted by Gasteiger charge is -1.99. The van der Waals surface area contributed by atoms with Gasteiger partial charge in [0.2, 0.25) is 0 Å². The van der Waals surface area contributed by atoms with Crippen LogP contribution in [0, 0.1) is 11.3 Å². The summed E-state index contributed by atoms with van der Waals surface area (Å²) in [6.45, 7) is 0. The molecular formula is C10H7BrClN3. The van der Waals surface area contributed by atoms with Gasteiger partial charge in [-0.25, -0.2) is 0 Å². The Kier molecular flexibility index (Phi) is 2.68. The van der Waals surface area contributed by atoms with Crippen molar-refractivity contribution in [3.8, 4) is 6.07 Å². The van der Waals surface area contributed by atoms with E-state index in [2.05, 4.69) is 27.1 Å². The number of aryl methyl sites for hydroxylation is 1. The predicted molar refractivity (Wildman–Crippen MR) is 62.7 cm³/mol. The summed E-state index contributed by atoms with van der Waals surface area (Å²) >= 11 is 9.53. The normalized spacial score (nSPS) is 10.5. The topological polar surface area (TPSA) is 41.6 Å². The number of nitrogens with zero attached hydrogens (tertiary/aromatic N) is 3. The van der Waals surface area contributed by atoms with Gasteiger partial charge in [0.1, 0.15) is 0 Å². The molecule has 0 radical (unpaired) electrons. The highest BCUT2D eigenvalue weighted by Gasteiger charge is 2.13. The van der Waals surface area contributed by atoms with Crippen LogP contribution in [0.15, 0.2) is 16.6 Å². The van der Waals surface area contributed by atoms with Crippen LogP contribution in [-0.4, -0.2) is 9.78 Å². The molecule has 0 unspecified atom stereocenters. The third-order valence-corrected chi connectivity index (χ3v) is 3.54. The van der Waals surface area contributed by atoms with Gasteiger partial charge in [0.15, 0.2) is 0 Å². The van der Waals surface area contributed by atoms with E-state index < -0.39 is 0 Å². The fraction of sp³-hybridized carbons (Fsp3) is 0.200. The number of rotatable bonds is 1. The second-order valence-electron chi connectivity index (χ2n) is 3.16. The molecule has 1 aromatic carbocycles. The van der Waals surface area contributed by atoms with Crippen LogP contribution < -0.4 is 0 Å². The van der Waals surface area contributed by atoms with Gasteiger partial charge in [-0.2, -0.15) is 10.4 Å². The van der Waals surface area contributed by atoms with Crippen LogP contribution in [0.1, 0.15) is 5.69 Å². The molecular weight excluding hydrogens is 277 g/mol. The molecule has 15 heavy (non-hydrogen) atoms. The smallest absolute Gasteiger partial charge is 0.0942 e. The average Bonchev–Trinajstić information content (AvgIpc) is 2.51. The second kappa shape index (κ2) is 3.84. The molecule has 0 atom stereocenters. The lowest BCUT2D eigenvalue weighted by molar-refractivity contribution is 0.739. The largest absolute Gasteiger partial charge is 0.270 e. The van der Waals surface area contributed by atoms with Crippen molar-refractivity contribution >= 4 is 38.4 Å². The Bertz CT molecular complexity index is 568. The summed E-state index contributed by atoms with van der Waals surface area (Å²) in [7, 11) is 1.82. The van der Waals surface area contributed by atoms with Crippen LogP contribution in [0.3, 0.4) is 0 Å². The third kappa shape index (κ3) is 1.62. The van der Waals surface area contributed by atoms with Gasteiger partial charge in [0, 0.05) is 16.9 Å². The Hall–Kier alpha value is -1.05. The van der Waals surface area contributed by atoms with Crippen LogP contribution >= 0.6 is 27.5 Å². The van der Waals surface area contributed by atoms with Crippen molar-refractivity contribution in [1.82, 2.24) is 9.78 Å². The van der Waals surface area contributed by atoms with Gasteiger partial charge in [-0.15, -0.1) is 0 Å². The third-order valence-electron chi connectivity index (χ3n) is 2.26. The van der Waals surface area contributed by atoms with E-state index in [1.807, 2.05) is 19.2 Å². The molecule has 1 aromatic heterocycles. The second-order valence-corrected chi connectivity index (χ2v) is 4.39. The molecule has 2 rings (SSSR count). The van der Waals surface area contributed by atoms with Crippen LogP contribution in [0.25, 0.3) is 10.9 Å². The minimum Gasteiger partial charge on any atom is -0.270 e. The highest BCUT2D eigenvalue weighted by Crippen LogP contribution is 2.32. The maximum absolute atomic E-state index is 8.74. The minimum absolute atomic E-state index is 0.309. The van der Waals surface area contributed by atoms with Gasteiger partial charge in [-0.05, 0) is 28.1 Å². The zero-order chi connectivity index (χ0) is 11.0. The number of halogens is 2. The van der Waals surface area contributed by atoms with Gasteiger partial charge >= 0.3 is 0 Å². The molecule has 0 saturated heterocycles. The van der Waals surface area contributed by atoms with Crippen molar-refractivity contribution in [1.29, 1.82) is 5.26 Å². The Morgan fingerprint density at radius 1 is 1.60 bits per heavy atom. The SMILES string of the molecule is Cn1nc2ccc(Br)c(Cl)c2c1CC#N. The summed E-state index contributed by atoms with van der Waals surface area (Å²) in [6, 6.07) is 5.85. The lowest BCUT2D eigenvalue weighted by Crippen LogP contribution is -1.96. The summed E-state index contributed by atoms with van der Waals surface area (Å²) in [4.78, 5) is 0. The molecule has 0 aliphatic carbocycles. The molecule has 0 aliphatic heterocycles. The number of aromatic nitrogens is 2. The van der Waals surface area contributed by atoms with E-state index in [1.54, 1.807) is 4.68 Å². The Morgan fingerprint density at radius 3 is 3.00 bits per heavy atom. The molecule has 0 bridgehead atoms. The first-order valence-electron chi connectivity index (χ1n) is 4.31. The van der Waals surface area contributed by atoms with E-state index >= 15 is 0 Å². The zero-order valence-electron chi connectivity index (χ0n) is 7.96. The lowest BCUT2D eigenvalue weighted by atomic mass is 10.2. The van der Waals surface area contributed by atoms with Gasteiger partial charge in [0.25, 0.3) is 0 Å². The summed E-state index contributed by atoms with van der Waals surface area (Å²) < 4.78 is 2.52. The van der Waals surface area contributed by atoms with E-state index in [0.717, 1.165) is 21.1 Å². The summed E-state index contributed by atoms with van der Waals surface area (Å²) in [5, 5.41) is 14.5.